The molecule has 0 aliphatic heterocycles. The van der Waals surface area contributed by atoms with E-state index in [2.05, 4.69) is 31.5 Å². The van der Waals surface area contributed by atoms with E-state index in [1.54, 1.807) is 13.2 Å². The number of nitrogens with zero attached hydrogens (tertiary/aromatic N) is 1. The largest absolute Gasteiger partial charge is 0.359 e. The van der Waals surface area contributed by atoms with Gasteiger partial charge in [-0.05, 0) is 28.1 Å². The summed E-state index contributed by atoms with van der Waals surface area (Å²) in [6.45, 7) is 1.35. The summed E-state index contributed by atoms with van der Waals surface area (Å²) in [7, 11) is 1.64. The predicted molar refractivity (Wildman–Crippen MR) is 62.3 cm³/mol. The molecule has 0 unspecified atom stereocenters. The quantitative estimate of drug-likeness (QED) is 0.788. The molecule has 0 aromatic carbocycles. The Labute approximate surface area is 97.6 Å². The molecule has 1 heterocycles. The lowest BCUT2D eigenvalue weighted by molar-refractivity contribution is -0.120. The van der Waals surface area contributed by atoms with E-state index in [1.165, 1.54) is 0 Å². The van der Waals surface area contributed by atoms with Crippen molar-refractivity contribution in [2.45, 2.75) is 13.0 Å². The number of aromatic nitrogens is 1. The summed E-state index contributed by atoms with van der Waals surface area (Å²) >= 11 is 3.32. The molecule has 5 heteroatoms. The van der Waals surface area contributed by atoms with E-state index in [0.717, 1.165) is 10.2 Å². The Kier molecular flexibility index (Phi) is 5.28. The number of hydrogen-bond donors (Lipinski definition) is 2. The van der Waals surface area contributed by atoms with E-state index in [0.29, 0.717) is 19.5 Å². The summed E-state index contributed by atoms with van der Waals surface area (Å²) in [6.07, 6.45) is 2.25. The van der Waals surface area contributed by atoms with E-state index in [4.69, 9.17) is 0 Å². The third-order valence-corrected chi connectivity index (χ3v) is 2.37. The normalized spacial score (nSPS) is 10.0. The topological polar surface area (TPSA) is 54.0 Å². The number of hydrogen-bond acceptors (Lipinski definition) is 3. The SMILES string of the molecule is CNC(=O)CCNCc1ccc(Br)cn1. The van der Waals surface area contributed by atoms with E-state index in [1.807, 2.05) is 12.1 Å². The second-order valence-electron chi connectivity index (χ2n) is 3.07. The second kappa shape index (κ2) is 6.53. The molecular weight excluding hydrogens is 258 g/mol. The maximum atomic E-state index is 10.9. The fourth-order valence-electron chi connectivity index (χ4n) is 1.05. The molecule has 0 saturated heterocycles. The molecule has 1 amide bonds. The number of amides is 1. The molecule has 0 aliphatic rings. The van der Waals surface area contributed by atoms with Crippen molar-refractivity contribution in [3.05, 3.63) is 28.5 Å². The Balaban J connectivity index is 2.20. The van der Waals surface area contributed by atoms with Crippen molar-refractivity contribution >= 4 is 21.8 Å². The van der Waals surface area contributed by atoms with Gasteiger partial charge in [0.1, 0.15) is 0 Å². The lowest BCUT2D eigenvalue weighted by atomic mass is 10.3. The van der Waals surface area contributed by atoms with Crippen LogP contribution < -0.4 is 10.6 Å². The van der Waals surface area contributed by atoms with E-state index in [9.17, 15) is 4.79 Å². The minimum Gasteiger partial charge on any atom is -0.359 e. The molecule has 0 atom stereocenters. The van der Waals surface area contributed by atoms with Crippen molar-refractivity contribution in [3.63, 3.8) is 0 Å². The van der Waals surface area contributed by atoms with Crippen molar-refractivity contribution in [1.82, 2.24) is 15.6 Å². The smallest absolute Gasteiger partial charge is 0.221 e. The van der Waals surface area contributed by atoms with Gasteiger partial charge in [-0.15, -0.1) is 0 Å². The molecule has 0 bridgehead atoms. The molecule has 0 radical (unpaired) electrons. The van der Waals surface area contributed by atoms with Gasteiger partial charge in [0, 0.05) is 37.2 Å². The summed E-state index contributed by atoms with van der Waals surface area (Å²) in [6, 6.07) is 3.89. The van der Waals surface area contributed by atoms with Crippen LogP contribution in [0.5, 0.6) is 0 Å². The number of carbonyl (C=O) groups excluding carboxylic acids is 1. The minimum atomic E-state index is 0.0475. The monoisotopic (exact) mass is 271 g/mol. The van der Waals surface area contributed by atoms with E-state index in [-0.39, 0.29) is 5.91 Å². The van der Waals surface area contributed by atoms with Crippen LogP contribution in [0, 0.1) is 0 Å². The number of nitrogens with one attached hydrogen (secondary N) is 2. The van der Waals surface area contributed by atoms with Crippen molar-refractivity contribution < 1.29 is 4.79 Å². The van der Waals surface area contributed by atoms with Crippen LogP contribution in [0.4, 0.5) is 0 Å². The third kappa shape index (κ3) is 4.90. The van der Waals surface area contributed by atoms with Gasteiger partial charge in [0.2, 0.25) is 5.91 Å². The van der Waals surface area contributed by atoms with Gasteiger partial charge >= 0.3 is 0 Å². The second-order valence-corrected chi connectivity index (χ2v) is 3.98. The molecule has 0 fully saturated rings. The number of halogens is 1. The molecule has 2 N–H and O–H groups in total. The Bertz CT molecular complexity index is 313. The fourth-order valence-corrected chi connectivity index (χ4v) is 1.29. The van der Waals surface area contributed by atoms with Crippen LogP contribution in [-0.2, 0) is 11.3 Å². The number of pyridine rings is 1. The molecule has 1 aromatic heterocycles. The molecule has 0 aliphatic carbocycles. The molecule has 0 spiro atoms. The maximum absolute atomic E-state index is 10.9. The molecule has 4 nitrogen and oxygen atoms in total. The molecule has 15 heavy (non-hydrogen) atoms. The van der Waals surface area contributed by atoms with Gasteiger partial charge < -0.3 is 10.6 Å². The Hall–Kier alpha value is -0.940. The standard InChI is InChI=1S/C10H14BrN3O/c1-12-10(15)4-5-13-7-9-3-2-8(11)6-14-9/h2-3,6,13H,4-5,7H2,1H3,(H,12,15). The lowest BCUT2D eigenvalue weighted by Gasteiger charge is -2.03. The van der Waals surface area contributed by atoms with Gasteiger partial charge in [-0.3, -0.25) is 9.78 Å². The van der Waals surface area contributed by atoms with Crippen molar-refractivity contribution in [1.29, 1.82) is 0 Å². The number of carbonyl (C=O) groups is 1. The zero-order chi connectivity index (χ0) is 11.1. The van der Waals surface area contributed by atoms with Crippen molar-refractivity contribution in [2.24, 2.45) is 0 Å². The van der Waals surface area contributed by atoms with Crippen LogP contribution in [0.2, 0.25) is 0 Å². The van der Waals surface area contributed by atoms with Crippen LogP contribution in [-0.4, -0.2) is 24.5 Å². The highest BCUT2D eigenvalue weighted by molar-refractivity contribution is 9.10. The van der Waals surface area contributed by atoms with Gasteiger partial charge in [0.05, 0.1) is 5.69 Å². The lowest BCUT2D eigenvalue weighted by Crippen LogP contribution is -2.24. The average molecular weight is 272 g/mol. The zero-order valence-electron chi connectivity index (χ0n) is 8.59. The summed E-state index contributed by atoms with van der Waals surface area (Å²) in [5, 5.41) is 5.72. The molecule has 0 saturated carbocycles. The van der Waals surface area contributed by atoms with E-state index < -0.39 is 0 Å². The van der Waals surface area contributed by atoms with Gasteiger partial charge in [-0.2, -0.15) is 0 Å². The third-order valence-electron chi connectivity index (χ3n) is 1.90. The molecule has 1 aromatic rings. The van der Waals surface area contributed by atoms with Crippen LogP contribution >= 0.6 is 15.9 Å². The summed E-state index contributed by atoms with van der Waals surface area (Å²) < 4.78 is 0.969. The van der Waals surface area contributed by atoms with Crippen LogP contribution in [0.25, 0.3) is 0 Å². The summed E-state index contributed by atoms with van der Waals surface area (Å²) in [5.74, 6) is 0.0475. The van der Waals surface area contributed by atoms with Crippen LogP contribution in [0.15, 0.2) is 22.8 Å². The van der Waals surface area contributed by atoms with Crippen molar-refractivity contribution in [3.8, 4) is 0 Å². The van der Waals surface area contributed by atoms with Crippen LogP contribution in [0.1, 0.15) is 12.1 Å². The molecule has 82 valence electrons. The minimum absolute atomic E-state index is 0.0475. The maximum Gasteiger partial charge on any atom is 0.221 e. The Morgan fingerprint density at radius 2 is 2.33 bits per heavy atom. The summed E-state index contributed by atoms with van der Waals surface area (Å²) in [5.41, 5.74) is 0.968. The first-order chi connectivity index (χ1) is 7.22. The zero-order valence-corrected chi connectivity index (χ0v) is 10.2. The summed E-state index contributed by atoms with van der Waals surface area (Å²) in [4.78, 5) is 15.1. The highest BCUT2D eigenvalue weighted by Crippen LogP contribution is 2.06. The fraction of sp³-hybridized carbons (Fsp3) is 0.400. The van der Waals surface area contributed by atoms with Crippen LogP contribution in [0.3, 0.4) is 0 Å². The molecular formula is C10H14BrN3O. The first-order valence-electron chi connectivity index (χ1n) is 4.74. The first kappa shape index (κ1) is 12.1. The number of rotatable bonds is 5. The van der Waals surface area contributed by atoms with Gasteiger partial charge in [0.15, 0.2) is 0 Å². The Morgan fingerprint density at radius 3 is 2.93 bits per heavy atom. The van der Waals surface area contributed by atoms with Gasteiger partial charge in [-0.1, -0.05) is 0 Å². The Morgan fingerprint density at radius 1 is 1.53 bits per heavy atom. The predicted octanol–water partition coefficient (Wildman–Crippen LogP) is 1.07. The van der Waals surface area contributed by atoms with Crippen molar-refractivity contribution in [2.75, 3.05) is 13.6 Å². The van der Waals surface area contributed by atoms with Gasteiger partial charge in [-0.25, -0.2) is 0 Å². The highest BCUT2D eigenvalue weighted by atomic mass is 79.9. The van der Waals surface area contributed by atoms with Gasteiger partial charge in [0.25, 0.3) is 0 Å². The van der Waals surface area contributed by atoms with E-state index >= 15 is 0 Å². The molecule has 1 rings (SSSR count). The first-order valence-corrected chi connectivity index (χ1v) is 5.53. The highest BCUT2D eigenvalue weighted by Gasteiger charge is 1.97. The average Bonchev–Trinajstić information content (AvgIpc) is 2.26.